The molecule has 1 fully saturated rings. The number of carbonyl (C=O) groups is 1. The molecular formula is C18H21ClFN5O2. The number of halogens is 2. The van der Waals surface area contributed by atoms with Gasteiger partial charge >= 0.3 is 6.03 Å². The standard InChI is InChI=1S/C18H21ClFN5O2/c19-13-4-5-14(17(16(13)20)24-7-9-27-10-8-24)21-18(26)22-15-11-12-3-1-2-6-25(12)23-15/h4-5,11H,1-3,6-10H2,(H2,21,22,23,26). The highest BCUT2D eigenvalue weighted by molar-refractivity contribution is 6.31. The van der Waals surface area contributed by atoms with Gasteiger partial charge in [0.05, 0.1) is 29.6 Å². The lowest BCUT2D eigenvalue weighted by Gasteiger charge is -2.31. The average molecular weight is 394 g/mol. The van der Waals surface area contributed by atoms with E-state index >= 15 is 0 Å². The summed E-state index contributed by atoms with van der Waals surface area (Å²) in [5, 5.41) is 9.87. The molecule has 7 nitrogen and oxygen atoms in total. The molecule has 1 aromatic carbocycles. The smallest absolute Gasteiger partial charge is 0.324 e. The highest BCUT2D eigenvalue weighted by atomic mass is 35.5. The van der Waals surface area contributed by atoms with Crippen LogP contribution >= 0.6 is 11.6 Å². The molecule has 144 valence electrons. The van der Waals surface area contributed by atoms with E-state index in [2.05, 4.69) is 15.7 Å². The number of morpholine rings is 1. The van der Waals surface area contributed by atoms with Crippen LogP contribution in [0.2, 0.25) is 5.02 Å². The largest absolute Gasteiger partial charge is 0.378 e. The summed E-state index contributed by atoms with van der Waals surface area (Å²) < 4.78 is 21.9. The first-order valence-electron chi connectivity index (χ1n) is 9.07. The summed E-state index contributed by atoms with van der Waals surface area (Å²) in [7, 11) is 0. The number of hydrogen-bond acceptors (Lipinski definition) is 4. The molecule has 2 N–H and O–H groups in total. The third kappa shape index (κ3) is 3.86. The number of carbonyl (C=O) groups excluding carboxylic acids is 1. The second kappa shape index (κ2) is 7.74. The number of aryl methyl sites for hydroxylation is 2. The Kier molecular flexibility index (Phi) is 5.18. The van der Waals surface area contributed by atoms with Crippen molar-refractivity contribution >= 4 is 34.8 Å². The normalized spacial score (nSPS) is 16.7. The van der Waals surface area contributed by atoms with Gasteiger partial charge in [0.2, 0.25) is 0 Å². The monoisotopic (exact) mass is 393 g/mol. The van der Waals surface area contributed by atoms with Crippen molar-refractivity contribution in [3.05, 3.63) is 34.7 Å². The molecule has 9 heteroatoms. The van der Waals surface area contributed by atoms with E-state index in [1.54, 1.807) is 6.07 Å². The van der Waals surface area contributed by atoms with Crippen molar-refractivity contribution in [2.45, 2.75) is 25.8 Å². The minimum absolute atomic E-state index is 0.0178. The summed E-state index contributed by atoms with van der Waals surface area (Å²) in [6, 6.07) is 4.45. The second-order valence-electron chi connectivity index (χ2n) is 6.64. The SMILES string of the molecule is O=C(Nc1cc2n(n1)CCCC2)Nc1ccc(Cl)c(F)c1N1CCOCC1. The Morgan fingerprint density at radius 3 is 2.78 bits per heavy atom. The van der Waals surface area contributed by atoms with E-state index in [1.807, 2.05) is 15.6 Å². The molecule has 3 heterocycles. The topological polar surface area (TPSA) is 71.4 Å². The van der Waals surface area contributed by atoms with Crippen LogP contribution in [0.4, 0.5) is 26.4 Å². The number of anilines is 3. The number of nitrogens with zero attached hydrogens (tertiary/aromatic N) is 3. The number of urea groups is 1. The van der Waals surface area contributed by atoms with Crippen LogP contribution in [-0.2, 0) is 17.7 Å². The first kappa shape index (κ1) is 18.1. The van der Waals surface area contributed by atoms with Crippen molar-refractivity contribution in [2.75, 3.05) is 41.8 Å². The van der Waals surface area contributed by atoms with Crippen molar-refractivity contribution < 1.29 is 13.9 Å². The minimum atomic E-state index is -0.547. The third-order valence-corrected chi connectivity index (χ3v) is 5.09. The van der Waals surface area contributed by atoms with Gasteiger partial charge in [0.15, 0.2) is 11.6 Å². The number of ether oxygens (including phenoxy) is 1. The van der Waals surface area contributed by atoms with Crippen LogP contribution in [0.3, 0.4) is 0 Å². The highest BCUT2D eigenvalue weighted by Gasteiger charge is 2.22. The van der Waals surface area contributed by atoms with Gasteiger partial charge in [0.25, 0.3) is 0 Å². The van der Waals surface area contributed by atoms with Gasteiger partial charge in [-0.1, -0.05) is 11.6 Å². The Morgan fingerprint density at radius 1 is 1.19 bits per heavy atom. The third-order valence-electron chi connectivity index (χ3n) is 4.80. The molecule has 0 atom stereocenters. The maximum atomic E-state index is 14.7. The van der Waals surface area contributed by atoms with Crippen LogP contribution < -0.4 is 15.5 Å². The van der Waals surface area contributed by atoms with E-state index in [-0.39, 0.29) is 10.7 Å². The number of rotatable bonds is 3. The molecule has 0 unspecified atom stereocenters. The fourth-order valence-electron chi connectivity index (χ4n) is 3.49. The molecule has 0 saturated carbocycles. The summed E-state index contributed by atoms with van der Waals surface area (Å²) >= 11 is 5.96. The molecule has 0 bridgehead atoms. The lowest BCUT2D eigenvalue weighted by molar-refractivity contribution is 0.122. The Balaban J connectivity index is 1.52. The van der Waals surface area contributed by atoms with Crippen molar-refractivity contribution in [3.63, 3.8) is 0 Å². The van der Waals surface area contributed by atoms with E-state index in [4.69, 9.17) is 16.3 Å². The molecule has 0 radical (unpaired) electrons. The van der Waals surface area contributed by atoms with Gasteiger partial charge in [-0.05, 0) is 31.4 Å². The van der Waals surface area contributed by atoms with Crippen LogP contribution in [0.25, 0.3) is 0 Å². The first-order valence-corrected chi connectivity index (χ1v) is 9.45. The van der Waals surface area contributed by atoms with Gasteiger partial charge < -0.3 is 15.0 Å². The van der Waals surface area contributed by atoms with Gasteiger partial charge in [-0.15, -0.1) is 0 Å². The van der Waals surface area contributed by atoms with Gasteiger partial charge in [0.1, 0.15) is 0 Å². The zero-order valence-corrected chi connectivity index (χ0v) is 15.6. The summed E-state index contributed by atoms with van der Waals surface area (Å²) in [5.74, 6) is -0.0550. The number of hydrogen-bond donors (Lipinski definition) is 2. The molecule has 2 aromatic rings. The highest BCUT2D eigenvalue weighted by Crippen LogP contribution is 2.34. The number of nitrogens with one attached hydrogen (secondary N) is 2. The molecule has 4 rings (SSSR count). The second-order valence-corrected chi connectivity index (χ2v) is 7.04. The number of benzene rings is 1. The van der Waals surface area contributed by atoms with Crippen LogP contribution in [-0.4, -0.2) is 42.1 Å². The van der Waals surface area contributed by atoms with Crippen LogP contribution in [0.1, 0.15) is 18.5 Å². The average Bonchev–Trinajstić information content (AvgIpc) is 3.07. The number of fused-ring (bicyclic) bond motifs is 1. The van der Waals surface area contributed by atoms with Crippen LogP contribution in [0.5, 0.6) is 0 Å². The number of amides is 2. The Hall–Kier alpha value is -2.32. The Bertz CT molecular complexity index is 827. The van der Waals surface area contributed by atoms with E-state index in [0.29, 0.717) is 37.8 Å². The molecule has 1 aromatic heterocycles. The maximum Gasteiger partial charge on any atom is 0.324 e. The predicted molar refractivity (Wildman–Crippen MR) is 102 cm³/mol. The van der Waals surface area contributed by atoms with E-state index in [9.17, 15) is 9.18 Å². The van der Waals surface area contributed by atoms with Crippen molar-refractivity contribution in [1.29, 1.82) is 0 Å². The molecule has 0 aliphatic carbocycles. The van der Waals surface area contributed by atoms with Crippen LogP contribution in [0, 0.1) is 5.82 Å². The molecule has 2 aliphatic rings. The molecule has 1 saturated heterocycles. The first-order chi connectivity index (χ1) is 13.1. The predicted octanol–water partition coefficient (Wildman–Crippen LogP) is 3.49. The van der Waals surface area contributed by atoms with E-state index in [0.717, 1.165) is 31.5 Å². The number of aromatic nitrogens is 2. The lowest BCUT2D eigenvalue weighted by Crippen LogP contribution is -2.37. The van der Waals surface area contributed by atoms with E-state index in [1.165, 1.54) is 6.07 Å². The van der Waals surface area contributed by atoms with Crippen LogP contribution in [0.15, 0.2) is 18.2 Å². The van der Waals surface area contributed by atoms with Gasteiger partial charge in [-0.25, -0.2) is 9.18 Å². The molecule has 0 spiro atoms. The van der Waals surface area contributed by atoms with Gasteiger partial charge in [-0.2, -0.15) is 5.10 Å². The van der Waals surface area contributed by atoms with Gasteiger partial charge in [-0.3, -0.25) is 10.00 Å². The molecule has 27 heavy (non-hydrogen) atoms. The Morgan fingerprint density at radius 2 is 2.00 bits per heavy atom. The molecule has 2 amide bonds. The van der Waals surface area contributed by atoms with Crippen molar-refractivity contribution in [3.8, 4) is 0 Å². The van der Waals surface area contributed by atoms with Crippen molar-refractivity contribution in [2.24, 2.45) is 0 Å². The Labute approximate surface area is 161 Å². The maximum absolute atomic E-state index is 14.7. The lowest BCUT2D eigenvalue weighted by atomic mass is 10.1. The summed E-state index contributed by atoms with van der Waals surface area (Å²) in [6.45, 7) is 2.92. The molecule has 2 aliphatic heterocycles. The minimum Gasteiger partial charge on any atom is -0.378 e. The summed E-state index contributed by atoms with van der Waals surface area (Å²) in [4.78, 5) is 14.3. The van der Waals surface area contributed by atoms with Gasteiger partial charge in [0, 0.05) is 31.4 Å². The molecular weight excluding hydrogens is 373 g/mol. The summed E-state index contributed by atoms with van der Waals surface area (Å²) in [6.07, 6.45) is 3.18. The van der Waals surface area contributed by atoms with Crippen molar-refractivity contribution in [1.82, 2.24) is 9.78 Å². The quantitative estimate of drug-likeness (QED) is 0.837. The fraction of sp³-hybridized carbons (Fsp3) is 0.444. The zero-order valence-electron chi connectivity index (χ0n) is 14.8. The summed E-state index contributed by atoms with van der Waals surface area (Å²) in [5.41, 5.74) is 1.76. The zero-order chi connectivity index (χ0) is 18.8. The van der Waals surface area contributed by atoms with E-state index < -0.39 is 11.8 Å². The fourth-order valence-corrected chi connectivity index (χ4v) is 3.64.